The van der Waals surface area contributed by atoms with E-state index in [0.717, 1.165) is 4.47 Å². The number of piperidine rings is 1. The average molecular weight is 375 g/mol. The first kappa shape index (κ1) is 16.5. The van der Waals surface area contributed by atoms with E-state index in [0.29, 0.717) is 31.5 Å². The third-order valence-electron chi connectivity index (χ3n) is 3.86. The summed E-state index contributed by atoms with van der Waals surface area (Å²) in [5.41, 5.74) is 0.652. The number of hydrogen-bond donors (Lipinski definition) is 0. The number of carbonyl (C=O) groups excluding carboxylic acids is 1. The van der Waals surface area contributed by atoms with Crippen LogP contribution in [0.5, 0.6) is 0 Å². The minimum absolute atomic E-state index is 0.00300. The third-order valence-corrected chi connectivity index (χ3v) is 5.70. The summed E-state index contributed by atoms with van der Waals surface area (Å²) in [5.74, 6) is -0.00300. The van der Waals surface area contributed by atoms with Gasteiger partial charge in [0.1, 0.15) is 0 Å². The van der Waals surface area contributed by atoms with Gasteiger partial charge in [-0.25, -0.2) is 12.7 Å². The monoisotopic (exact) mass is 374 g/mol. The molecule has 1 saturated heterocycles. The van der Waals surface area contributed by atoms with E-state index in [1.165, 1.54) is 10.6 Å². The first-order valence-corrected chi connectivity index (χ1v) is 9.41. The molecule has 1 aliphatic rings. The summed E-state index contributed by atoms with van der Waals surface area (Å²) in [6.45, 7) is 1.16. The molecule has 21 heavy (non-hydrogen) atoms. The summed E-state index contributed by atoms with van der Waals surface area (Å²) in [6, 6.07) is 7.29. The van der Waals surface area contributed by atoms with Gasteiger partial charge >= 0.3 is 0 Å². The van der Waals surface area contributed by atoms with Crippen LogP contribution in [0.1, 0.15) is 23.2 Å². The Morgan fingerprint density at radius 1 is 1.33 bits per heavy atom. The van der Waals surface area contributed by atoms with E-state index in [1.54, 1.807) is 24.1 Å². The lowest BCUT2D eigenvalue weighted by molar-refractivity contribution is 0.0686. The fraction of sp³-hybridized carbons (Fsp3) is 0.500. The van der Waals surface area contributed by atoms with E-state index < -0.39 is 10.0 Å². The molecule has 5 nitrogen and oxygen atoms in total. The highest BCUT2D eigenvalue weighted by atomic mass is 79.9. The minimum Gasteiger partial charge on any atom is -0.339 e. The van der Waals surface area contributed by atoms with Gasteiger partial charge in [0.15, 0.2) is 0 Å². The number of sulfonamides is 1. The van der Waals surface area contributed by atoms with E-state index in [-0.39, 0.29) is 11.9 Å². The zero-order valence-corrected chi connectivity index (χ0v) is 14.5. The van der Waals surface area contributed by atoms with Crippen LogP contribution in [0.15, 0.2) is 28.7 Å². The van der Waals surface area contributed by atoms with Crippen LogP contribution in [0, 0.1) is 0 Å². The van der Waals surface area contributed by atoms with E-state index in [4.69, 9.17) is 0 Å². The fourth-order valence-corrected chi connectivity index (χ4v) is 3.66. The smallest absolute Gasteiger partial charge is 0.253 e. The highest BCUT2D eigenvalue weighted by molar-refractivity contribution is 9.10. The third kappa shape index (κ3) is 4.05. The number of benzene rings is 1. The predicted octanol–water partition coefficient (Wildman–Crippen LogP) is 1.95. The summed E-state index contributed by atoms with van der Waals surface area (Å²) >= 11 is 3.36. The van der Waals surface area contributed by atoms with Crippen molar-refractivity contribution in [1.29, 1.82) is 0 Å². The van der Waals surface area contributed by atoms with E-state index in [2.05, 4.69) is 15.9 Å². The Morgan fingerprint density at radius 3 is 2.48 bits per heavy atom. The zero-order chi connectivity index (χ0) is 15.6. The first-order valence-electron chi connectivity index (χ1n) is 6.77. The van der Waals surface area contributed by atoms with E-state index >= 15 is 0 Å². The van der Waals surface area contributed by atoms with Crippen LogP contribution in [0.3, 0.4) is 0 Å². The van der Waals surface area contributed by atoms with Crippen molar-refractivity contribution in [3.63, 3.8) is 0 Å². The molecule has 0 atom stereocenters. The molecule has 1 heterocycles. The van der Waals surface area contributed by atoms with Gasteiger partial charge in [-0.05, 0) is 31.0 Å². The number of nitrogens with zero attached hydrogens (tertiary/aromatic N) is 2. The average Bonchev–Trinajstić information content (AvgIpc) is 2.45. The highest BCUT2D eigenvalue weighted by Crippen LogP contribution is 2.20. The Morgan fingerprint density at radius 2 is 1.95 bits per heavy atom. The second-order valence-corrected chi connectivity index (χ2v) is 8.27. The second-order valence-electron chi connectivity index (χ2n) is 5.31. The Balaban J connectivity index is 2.00. The van der Waals surface area contributed by atoms with Gasteiger partial charge in [-0.2, -0.15) is 0 Å². The van der Waals surface area contributed by atoms with Gasteiger partial charge in [-0.15, -0.1) is 0 Å². The molecule has 0 bridgehead atoms. The molecular weight excluding hydrogens is 356 g/mol. The van der Waals surface area contributed by atoms with Crippen molar-refractivity contribution in [3.05, 3.63) is 34.3 Å². The lowest BCUT2D eigenvalue weighted by Crippen LogP contribution is -2.47. The predicted molar refractivity (Wildman–Crippen MR) is 85.7 cm³/mol. The number of likely N-dealkylation sites (tertiary alicyclic amines) is 1. The Labute approximate surface area is 134 Å². The molecule has 0 saturated carbocycles. The van der Waals surface area contributed by atoms with Gasteiger partial charge in [-0.1, -0.05) is 22.0 Å². The lowest BCUT2D eigenvalue weighted by Gasteiger charge is -2.35. The van der Waals surface area contributed by atoms with Crippen molar-refractivity contribution < 1.29 is 13.2 Å². The molecule has 0 aromatic heterocycles. The molecule has 0 unspecified atom stereocenters. The molecule has 1 fully saturated rings. The van der Waals surface area contributed by atoms with Crippen LogP contribution in [0.25, 0.3) is 0 Å². The maximum Gasteiger partial charge on any atom is 0.253 e. The molecule has 0 N–H and O–H groups in total. The number of carbonyl (C=O) groups is 1. The summed E-state index contributed by atoms with van der Waals surface area (Å²) in [7, 11) is -1.57. The van der Waals surface area contributed by atoms with Crippen LogP contribution in [-0.2, 0) is 10.0 Å². The van der Waals surface area contributed by atoms with Gasteiger partial charge in [0.2, 0.25) is 10.0 Å². The molecule has 1 aromatic rings. The Kier molecular flexibility index (Phi) is 5.06. The quantitative estimate of drug-likeness (QED) is 0.812. The molecule has 0 radical (unpaired) electrons. The molecule has 1 aromatic carbocycles. The molecule has 1 aliphatic heterocycles. The standard InChI is InChI=1S/C14H19BrN2O3S/c1-16(21(2,19)20)13-6-8-17(9-7-13)14(18)11-4-3-5-12(15)10-11/h3-5,10,13H,6-9H2,1-2H3. The van der Waals surface area contributed by atoms with Crippen LogP contribution < -0.4 is 0 Å². The zero-order valence-electron chi connectivity index (χ0n) is 12.1. The minimum atomic E-state index is -3.17. The molecular formula is C14H19BrN2O3S. The van der Waals surface area contributed by atoms with Crippen molar-refractivity contribution in [2.45, 2.75) is 18.9 Å². The summed E-state index contributed by atoms with van der Waals surface area (Å²) in [4.78, 5) is 14.2. The highest BCUT2D eigenvalue weighted by Gasteiger charge is 2.29. The Bertz CT molecular complexity index is 625. The molecule has 7 heteroatoms. The number of rotatable bonds is 3. The van der Waals surface area contributed by atoms with Crippen molar-refractivity contribution in [1.82, 2.24) is 9.21 Å². The maximum absolute atomic E-state index is 12.4. The van der Waals surface area contributed by atoms with Crippen LogP contribution in [-0.4, -0.2) is 56.0 Å². The van der Waals surface area contributed by atoms with Crippen LogP contribution in [0.4, 0.5) is 0 Å². The van der Waals surface area contributed by atoms with E-state index in [9.17, 15) is 13.2 Å². The summed E-state index contributed by atoms with van der Waals surface area (Å²) in [6.07, 6.45) is 2.55. The lowest BCUT2D eigenvalue weighted by atomic mass is 10.0. The summed E-state index contributed by atoms with van der Waals surface area (Å²) in [5, 5.41) is 0. The van der Waals surface area contributed by atoms with Crippen LogP contribution >= 0.6 is 15.9 Å². The first-order chi connectivity index (χ1) is 9.79. The van der Waals surface area contributed by atoms with Gasteiger partial charge in [0, 0.05) is 36.2 Å². The normalized spacial score (nSPS) is 17.2. The van der Waals surface area contributed by atoms with Gasteiger partial charge < -0.3 is 4.90 Å². The molecule has 1 amide bonds. The molecule has 2 rings (SSSR count). The van der Waals surface area contributed by atoms with E-state index in [1.807, 2.05) is 12.1 Å². The van der Waals surface area contributed by atoms with Crippen molar-refractivity contribution in [2.24, 2.45) is 0 Å². The summed E-state index contributed by atoms with van der Waals surface area (Å²) < 4.78 is 25.4. The molecule has 116 valence electrons. The Hall–Kier alpha value is -0.920. The van der Waals surface area contributed by atoms with Gasteiger partial charge in [0.05, 0.1) is 6.26 Å². The largest absolute Gasteiger partial charge is 0.339 e. The number of halogens is 1. The second kappa shape index (κ2) is 6.46. The fourth-order valence-electron chi connectivity index (χ4n) is 2.51. The maximum atomic E-state index is 12.4. The van der Waals surface area contributed by atoms with Crippen molar-refractivity contribution >= 4 is 31.9 Å². The topological polar surface area (TPSA) is 57.7 Å². The van der Waals surface area contributed by atoms with Crippen LogP contribution in [0.2, 0.25) is 0 Å². The molecule has 0 spiro atoms. The van der Waals surface area contributed by atoms with Gasteiger partial charge in [0.25, 0.3) is 5.91 Å². The van der Waals surface area contributed by atoms with Crippen molar-refractivity contribution in [2.75, 3.05) is 26.4 Å². The SMILES string of the molecule is CN(C1CCN(C(=O)c2cccc(Br)c2)CC1)S(C)(=O)=O. The van der Waals surface area contributed by atoms with Crippen molar-refractivity contribution in [3.8, 4) is 0 Å². The number of amides is 1. The molecule has 0 aliphatic carbocycles. The number of hydrogen-bond acceptors (Lipinski definition) is 3. The van der Waals surface area contributed by atoms with Gasteiger partial charge in [-0.3, -0.25) is 4.79 Å².